The van der Waals surface area contributed by atoms with E-state index in [0.29, 0.717) is 0 Å². The minimum atomic E-state index is 0. The van der Waals surface area contributed by atoms with Crippen molar-refractivity contribution >= 4 is 0 Å². The molecule has 1 aliphatic rings. The van der Waals surface area contributed by atoms with Crippen LogP contribution in [0.25, 0.3) is 0 Å². The van der Waals surface area contributed by atoms with Crippen LogP contribution in [-0.4, -0.2) is 10.2 Å². The van der Waals surface area contributed by atoms with Gasteiger partial charge in [-0.3, -0.25) is 5.10 Å². The Morgan fingerprint density at radius 1 is 1.45 bits per heavy atom. The molecule has 1 aromatic rings. The average Bonchev–Trinajstić information content (AvgIpc) is 2.47. The lowest BCUT2D eigenvalue weighted by molar-refractivity contribution is 0.672. The van der Waals surface area contributed by atoms with Crippen molar-refractivity contribution in [3.05, 3.63) is 17.0 Å². The maximum Gasteiger partial charge on any atom is 0.0654 e. The number of rotatable bonds is 1. The standard InChI is InChI=1S/C9H14N2.H2/c1-2-8-7-5-3-4-6-9(7)11-10-8;/h2-6H2,1H3,(H,10,11);1H. The van der Waals surface area contributed by atoms with E-state index < -0.39 is 0 Å². The Hall–Kier alpha value is -0.790. The first-order valence-corrected chi connectivity index (χ1v) is 4.46. The normalized spacial score (nSPS) is 16.5. The van der Waals surface area contributed by atoms with E-state index in [0.717, 1.165) is 6.42 Å². The summed E-state index contributed by atoms with van der Waals surface area (Å²) in [5, 5.41) is 7.42. The van der Waals surface area contributed by atoms with Crippen molar-refractivity contribution in [3.63, 3.8) is 0 Å². The van der Waals surface area contributed by atoms with E-state index in [1.54, 1.807) is 0 Å². The van der Waals surface area contributed by atoms with Crippen LogP contribution in [-0.2, 0) is 19.3 Å². The number of H-pyrrole nitrogens is 1. The fourth-order valence-corrected chi connectivity index (χ4v) is 1.84. The zero-order valence-corrected chi connectivity index (χ0v) is 6.98. The Bertz CT molecular complexity index is 242. The van der Waals surface area contributed by atoms with Gasteiger partial charge in [-0.05, 0) is 37.7 Å². The quantitative estimate of drug-likeness (QED) is 0.656. The van der Waals surface area contributed by atoms with Gasteiger partial charge in [-0.25, -0.2) is 0 Å². The zero-order chi connectivity index (χ0) is 7.68. The van der Waals surface area contributed by atoms with E-state index in [2.05, 4.69) is 17.1 Å². The van der Waals surface area contributed by atoms with Crippen molar-refractivity contribution in [2.45, 2.75) is 39.0 Å². The summed E-state index contributed by atoms with van der Waals surface area (Å²) in [6, 6.07) is 0. The van der Waals surface area contributed by atoms with Crippen LogP contribution in [0.15, 0.2) is 0 Å². The molecule has 0 atom stereocenters. The predicted molar refractivity (Wildman–Crippen MR) is 46.7 cm³/mol. The first-order chi connectivity index (χ1) is 5.42. The van der Waals surface area contributed by atoms with Crippen LogP contribution in [0.4, 0.5) is 0 Å². The van der Waals surface area contributed by atoms with Crippen molar-refractivity contribution in [2.24, 2.45) is 0 Å². The molecule has 2 heteroatoms. The van der Waals surface area contributed by atoms with Crippen molar-refractivity contribution < 1.29 is 1.43 Å². The summed E-state index contributed by atoms with van der Waals surface area (Å²) in [7, 11) is 0. The van der Waals surface area contributed by atoms with Crippen LogP contribution in [0, 0.1) is 0 Å². The molecule has 0 spiro atoms. The SMILES string of the molecule is CCc1n[nH]c2c1CCCC2.[HH]. The average molecular weight is 152 g/mol. The van der Waals surface area contributed by atoms with Gasteiger partial charge < -0.3 is 0 Å². The van der Waals surface area contributed by atoms with E-state index in [1.807, 2.05) is 0 Å². The lowest BCUT2D eigenvalue weighted by Crippen LogP contribution is -2.01. The molecule has 0 unspecified atom stereocenters. The van der Waals surface area contributed by atoms with Crippen LogP contribution >= 0.6 is 0 Å². The molecule has 0 aromatic carbocycles. The Morgan fingerprint density at radius 2 is 2.27 bits per heavy atom. The molecule has 0 fully saturated rings. The highest BCUT2D eigenvalue weighted by Crippen LogP contribution is 2.21. The van der Waals surface area contributed by atoms with E-state index in [9.17, 15) is 0 Å². The molecule has 1 aromatic heterocycles. The molecule has 1 N–H and O–H groups in total. The largest absolute Gasteiger partial charge is 0.282 e. The number of fused-ring (bicyclic) bond motifs is 1. The topological polar surface area (TPSA) is 28.7 Å². The monoisotopic (exact) mass is 152 g/mol. The minimum Gasteiger partial charge on any atom is -0.282 e. The Labute approximate surface area is 68.5 Å². The number of aromatic nitrogens is 2. The number of hydrogen-bond acceptors (Lipinski definition) is 1. The van der Waals surface area contributed by atoms with Crippen molar-refractivity contribution in [3.8, 4) is 0 Å². The first kappa shape index (κ1) is 6.89. The highest BCUT2D eigenvalue weighted by Gasteiger charge is 2.14. The highest BCUT2D eigenvalue weighted by atomic mass is 15.1. The molecule has 0 amide bonds. The second kappa shape index (κ2) is 2.68. The summed E-state index contributed by atoms with van der Waals surface area (Å²) in [5.74, 6) is 0. The maximum absolute atomic E-state index is 4.29. The van der Waals surface area contributed by atoms with Gasteiger partial charge in [0, 0.05) is 7.12 Å². The molecule has 0 radical (unpaired) electrons. The fraction of sp³-hybridized carbons (Fsp3) is 0.667. The molecule has 2 nitrogen and oxygen atoms in total. The smallest absolute Gasteiger partial charge is 0.0654 e. The molecule has 0 aliphatic heterocycles. The third kappa shape index (κ3) is 1.06. The van der Waals surface area contributed by atoms with Crippen LogP contribution in [0.2, 0.25) is 0 Å². The minimum absolute atomic E-state index is 0. The molecular formula is C9H16N2. The molecule has 1 heterocycles. The summed E-state index contributed by atoms with van der Waals surface area (Å²) in [5.41, 5.74) is 4.20. The molecule has 62 valence electrons. The lowest BCUT2D eigenvalue weighted by Gasteiger charge is -2.09. The number of nitrogens with one attached hydrogen (secondary N) is 1. The van der Waals surface area contributed by atoms with E-state index in [-0.39, 0.29) is 1.43 Å². The number of hydrogen-bond donors (Lipinski definition) is 1. The summed E-state index contributed by atoms with van der Waals surface area (Å²) >= 11 is 0. The third-order valence-electron chi connectivity index (χ3n) is 2.48. The third-order valence-corrected chi connectivity index (χ3v) is 2.48. The van der Waals surface area contributed by atoms with Crippen LogP contribution < -0.4 is 0 Å². The molecule has 2 rings (SSSR count). The van der Waals surface area contributed by atoms with Crippen molar-refractivity contribution in [1.82, 2.24) is 10.2 Å². The second-order valence-corrected chi connectivity index (χ2v) is 3.19. The highest BCUT2D eigenvalue weighted by molar-refractivity contribution is 5.27. The van der Waals surface area contributed by atoms with E-state index in [4.69, 9.17) is 0 Å². The van der Waals surface area contributed by atoms with E-state index >= 15 is 0 Å². The van der Waals surface area contributed by atoms with Gasteiger partial charge in [-0.1, -0.05) is 6.92 Å². The van der Waals surface area contributed by atoms with Gasteiger partial charge >= 0.3 is 0 Å². The summed E-state index contributed by atoms with van der Waals surface area (Å²) in [4.78, 5) is 0. The van der Waals surface area contributed by atoms with Gasteiger partial charge in [-0.2, -0.15) is 5.10 Å². The van der Waals surface area contributed by atoms with E-state index in [1.165, 1.54) is 42.6 Å². The van der Waals surface area contributed by atoms with Crippen molar-refractivity contribution in [2.75, 3.05) is 0 Å². The fourth-order valence-electron chi connectivity index (χ4n) is 1.84. The Morgan fingerprint density at radius 3 is 3.09 bits per heavy atom. The molecule has 0 bridgehead atoms. The Balaban J connectivity index is 0.000000720. The van der Waals surface area contributed by atoms with Gasteiger partial charge in [0.15, 0.2) is 0 Å². The summed E-state index contributed by atoms with van der Waals surface area (Å²) in [6.07, 6.45) is 6.21. The number of aryl methyl sites for hydroxylation is 2. The number of aromatic amines is 1. The molecule has 11 heavy (non-hydrogen) atoms. The van der Waals surface area contributed by atoms with Gasteiger partial charge in [0.05, 0.1) is 5.69 Å². The number of nitrogens with zero attached hydrogens (tertiary/aromatic N) is 1. The zero-order valence-electron chi connectivity index (χ0n) is 6.98. The molecule has 1 aliphatic carbocycles. The Kier molecular flexibility index (Phi) is 1.68. The van der Waals surface area contributed by atoms with Crippen molar-refractivity contribution in [1.29, 1.82) is 0 Å². The molecule has 0 saturated heterocycles. The molecular weight excluding hydrogens is 136 g/mol. The van der Waals surface area contributed by atoms with Crippen LogP contribution in [0.3, 0.4) is 0 Å². The predicted octanol–water partition coefficient (Wildman–Crippen LogP) is 2.10. The summed E-state index contributed by atoms with van der Waals surface area (Å²) < 4.78 is 0. The van der Waals surface area contributed by atoms with Crippen LogP contribution in [0.5, 0.6) is 0 Å². The van der Waals surface area contributed by atoms with Gasteiger partial charge in [0.1, 0.15) is 0 Å². The van der Waals surface area contributed by atoms with Gasteiger partial charge in [-0.15, -0.1) is 0 Å². The first-order valence-electron chi connectivity index (χ1n) is 4.46. The lowest BCUT2D eigenvalue weighted by atomic mass is 9.95. The van der Waals surface area contributed by atoms with Crippen LogP contribution in [0.1, 0.15) is 38.1 Å². The second-order valence-electron chi connectivity index (χ2n) is 3.19. The van der Waals surface area contributed by atoms with Gasteiger partial charge in [0.25, 0.3) is 0 Å². The summed E-state index contributed by atoms with van der Waals surface area (Å²) in [6.45, 7) is 2.17. The molecule has 0 saturated carbocycles. The maximum atomic E-state index is 4.29. The van der Waals surface area contributed by atoms with Gasteiger partial charge in [0.2, 0.25) is 0 Å².